The van der Waals surface area contributed by atoms with Crippen LogP contribution >= 0.6 is 0 Å². The van der Waals surface area contributed by atoms with Gasteiger partial charge in [-0.2, -0.15) is 17.0 Å². The first-order valence-electron chi connectivity index (χ1n) is 6.84. The first-order chi connectivity index (χ1) is 8.89. The predicted molar refractivity (Wildman–Crippen MR) is 73.1 cm³/mol. The van der Waals surface area contributed by atoms with Gasteiger partial charge in [-0.1, -0.05) is 19.8 Å². The third-order valence-electron chi connectivity index (χ3n) is 3.53. The van der Waals surface area contributed by atoms with Crippen LogP contribution in [0.15, 0.2) is 0 Å². The summed E-state index contributed by atoms with van der Waals surface area (Å²) in [7, 11) is -2.07. The molecule has 1 unspecified atom stereocenters. The Hall–Kier alpha value is -0.660. The van der Waals surface area contributed by atoms with Crippen LogP contribution in [-0.4, -0.2) is 54.3 Å². The average Bonchev–Trinajstić information content (AvgIpc) is 2.36. The van der Waals surface area contributed by atoms with Crippen molar-refractivity contribution in [1.29, 1.82) is 0 Å². The highest BCUT2D eigenvalue weighted by atomic mass is 32.2. The van der Waals surface area contributed by atoms with Gasteiger partial charge in [0.2, 0.25) is 0 Å². The molecule has 0 aliphatic carbocycles. The standard InChI is InChI=1S/C12H24N2O4S/c1-3-6-11-7-4-5-9-14(11)19(17,18)13(2)10-8-12(15)16/h11H,3-10H2,1-2H3,(H,15,16). The molecule has 1 rings (SSSR count). The smallest absolute Gasteiger partial charge is 0.304 e. The van der Waals surface area contributed by atoms with Crippen LogP contribution in [0, 0.1) is 0 Å². The molecule has 0 amide bonds. The lowest BCUT2D eigenvalue weighted by molar-refractivity contribution is -0.137. The van der Waals surface area contributed by atoms with E-state index in [4.69, 9.17) is 5.11 Å². The van der Waals surface area contributed by atoms with Crippen molar-refractivity contribution in [1.82, 2.24) is 8.61 Å². The van der Waals surface area contributed by atoms with E-state index in [2.05, 4.69) is 0 Å². The molecule has 0 aromatic rings. The van der Waals surface area contributed by atoms with Gasteiger partial charge in [-0.25, -0.2) is 0 Å². The maximum atomic E-state index is 12.4. The Morgan fingerprint density at radius 2 is 2.11 bits per heavy atom. The van der Waals surface area contributed by atoms with Crippen LogP contribution in [0.1, 0.15) is 45.4 Å². The fourth-order valence-electron chi connectivity index (χ4n) is 2.45. The summed E-state index contributed by atoms with van der Waals surface area (Å²) < 4.78 is 27.6. The number of piperidine rings is 1. The summed E-state index contributed by atoms with van der Waals surface area (Å²) in [6.07, 6.45) is 4.51. The minimum Gasteiger partial charge on any atom is -0.481 e. The summed E-state index contributed by atoms with van der Waals surface area (Å²) in [4.78, 5) is 10.5. The highest BCUT2D eigenvalue weighted by Gasteiger charge is 2.34. The summed E-state index contributed by atoms with van der Waals surface area (Å²) in [5.41, 5.74) is 0. The summed E-state index contributed by atoms with van der Waals surface area (Å²) in [5.74, 6) is -0.981. The van der Waals surface area contributed by atoms with Crippen LogP contribution in [0.4, 0.5) is 0 Å². The van der Waals surface area contributed by atoms with Gasteiger partial charge in [0.15, 0.2) is 0 Å². The van der Waals surface area contributed by atoms with Gasteiger partial charge in [0, 0.05) is 26.2 Å². The number of hydrogen-bond acceptors (Lipinski definition) is 3. The van der Waals surface area contributed by atoms with Crippen molar-refractivity contribution in [3.05, 3.63) is 0 Å². The van der Waals surface area contributed by atoms with Gasteiger partial charge >= 0.3 is 5.97 Å². The van der Waals surface area contributed by atoms with Gasteiger partial charge in [-0.15, -0.1) is 0 Å². The van der Waals surface area contributed by atoms with Gasteiger partial charge < -0.3 is 5.11 Å². The molecule has 1 saturated heterocycles. The molecule has 1 N–H and O–H groups in total. The second-order valence-corrected chi connectivity index (χ2v) is 7.01. The molecule has 112 valence electrons. The van der Waals surface area contributed by atoms with Crippen molar-refractivity contribution >= 4 is 16.2 Å². The van der Waals surface area contributed by atoms with Crippen molar-refractivity contribution in [2.75, 3.05) is 20.1 Å². The molecule has 0 saturated carbocycles. The predicted octanol–water partition coefficient (Wildman–Crippen LogP) is 1.29. The Bertz CT molecular complexity index is 395. The highest BCUT2D eigenvalue weighted by Crippen LogP contribution is 2.25. The quantitative estimate of drug-likeness (QED) is 0.767. The van der Waals surface area contributed by atoms with Crippen molar-refractivity contribution in [2.24, 2.45) is 0 Å². The fourth-order valence-corrected chi connectivity index (χ4v) is 4.07. The second-order valence-electron chi connectivity index (χ2n) is 5.02. The minimum absolute atomic E-state index is 0.0208. The number of carboxylic acid groups (broad SMARTS) is 1. The number of hydrogen-bond donors (Lipinski definition) is 1. The molecule has 0 aromatic heterocycles. The number of carbonyl (C=O) groups is 1. The zero-order valence-corrected chi connectivity index (χ0v) is 12.5. The first kappa shape index (κ1) is 16.4. The third-order valence-corrected chi connectivity index (χ3v) is 5.57. The molecule has 0 aromatic carbocycles. The summed E-state index contributed by atoms with van der Waals surface area (Å²) in [5, 5.41) is 8.64. The average molecular weight is 292 g/mol. The molecule has 1 atom stereocenters. The second kappa shape index (κ2) is 7.21. The van der Waals surface area contributed by atoms with Gasteiger partial charge in [-0.3, -0.25) is 4.79 Å². The lowest BCUT2D eigenvalue weighted by Gasteiger charge is -2.36. The summed E-state index contributed by atoms with van der Waals surface area (Å²) in [6, 6.07) is 0.0658. The molecule has 1 aliphatic rings. The van der Waals surface area contributed by atoms with Gasteiger partial charge in [0.25, 0.3) is 10.2 Å². The first-order valence-corrected chi connectivity index (χ1v) is 8.24. The van der Waals surface area contributed by atoms with E-state index in [1.54, 1.807) is 4.31 Å². The largest absolute Gasteiger partial charge is 0.481 e. The molecule has 0 spiro atoms. The van der Waals surface area contributed by atoms with Crippen molar-refractivity contribution < 1.29 is 18.3 Å². The summed E-state index contributed by atoms with van der Waals surface area (Å²) in [6.45, 7) is 2.62. The zero-order chi connectivity index (χ0) is 14.5. The molecule has 1 heterocycles. The van der Waals surface area contributed by atoms with Crippen molar-refractivity contribution in [2.45, 2.75) is 51.5 Å². The molecule has 0 bridgehead atoms. The van der Waals surface area contributed by atoms with Gasteiger partial charge in [0.1, 0.15) is 0 Å². The van der Waals surface area contributed by atoms with Crippen LogP contribution < -0.4 is 0 Å². The molecule has 0 radical (unpaired) electrons. The molecule has 6 nitrogen and oxygen atoms in total. The van der Waals surface area contributed by atoms with Crippen molar-refractivity contribution in [3.8, 4) is 0 Å². The van der Waals surface area contributed by atoms with Gasteiger partial charge in [0.05, 0.1) is 6.42 Å². The maximum Gasteiger partial charge on any atom is 0.304 e. The Morgan fingerprint density at radius 3 is 2.68 bits per heavy atom. The van der Waals surface area contributed by atoms with Crippen LogP contribution in [0.25, 0.3) is 0 Å². The Kier molecular flexibility index (Phi) is 6.22. The van der Waals surface area contributed by atoms with E-state index in [-0.39, 0.29) is 19.0 Å². The maximum absolute atomic E-state index is 12.4. The molecular formula is C12H24N2O4S. The SMILES string of the molecule is CCCC1CCCCN1S(=O)(=O)N(C)CCC(=O)O. The normalized spacial score (nSPS) is 21.7. The lowest BCUT2D eigenvalue weighted by atomic mass is 10.0. The zero-order valence-electron chi connectivity index (χ0n) is 11.7. The minimum atomic E-state index is -3.53. The van der Waals surface area contributed by atoms with Crippen LogP contribution in [-0.2, 0) is 15.0 Å². The van der Waals surface area contributed by atoms with Gasteiger partial charge in [-0.05, 0) is 19.3 Å². The molecule has 19 heavy (non-hydrogen) atoms. The molecule has 7 heteroatoms. The number of aliphatic carboxylic acids is 1. The molecular weight excluding hydrogens is 268 g/mol. The summed E-state index contributed by atoms with van der Waals surface area (Å²) >= 11 is 0. The lowest BCUT2D eigenvalue weighted by Crippen LogP contribution is -2.49. The van der Waals surface area contributed by atoms with E-state index in [0.717, 1.165) is 36.4 Å². The molecule has 1 fully saturated rings. The third kappa shape index (κ3) is 4.43. The van der Waals surface area contributed by atoms with E-state index >= 15 is 0 Å². The van der Waals surface area contributed by atoms with E-state index in [1.165, 1.54) is 7.05 Å². The van der Waals surface area contributed by atoms with E-state index in [0.29, 0.717) is 6.54 Å². The Balaban J connectivity index is 2.75. The monoisotopic (exact) mass is 292 g/mol. The van der Waals surface area contributed by atoms with E-state index in [9.17, 15) is 13.2 Å². The van der Waals surface area contributed by atoms with Crippen molar-refractivity contribution in [3.63, 3.8) is 0 Å². The number of carboxylic acids is 1. The number of rotatable bonds is 7. The fraction of sp³-hybridized carbons (Fsp3) is 0.917. The van der Waals surface area contributed by atoms with Crippen LogP contribution in [0.5, 0.6) is 0 Å². The van der Waals surface area contributed by atoms with E-state index < -0.39 is 16.2 Å². The Labute approximate surface area is 115 Å². The highest BCUT2D eigenvalue weighted by molar-refractivity contribution is 7.86. The van der Waals surface area contributed by atoms with Crippen LogP contribution in [0.3, 0.4) is 0 Å². The number of nitrogens with zero attached hydrogens (tertiary/aromatic N) is 2. The van der Waals surface area contributed by atoms with E-state index in [1.807, 2.05) is 6.92 Å². The van der Waals surface area contributed by atoms with Crippen LogP contribution in [0.2, 0.25) is 0 Å². The topological polar surface area (TPSA) is 77.9 Å². The Morgan fingerprint density at radius 1 is 1.42 bits per heavy atom. The molecule has 1 aliphatic heterocycles.